The number of nitrogens with one attached hydrogen (secondary N) is 1. The zero-order valence-electron chi connectivity index (χ0n) is 14.3. The van der Waals surface area contributed by atoms with E-state index in [4.69, 9.17) is 4.74 Å². The number of hydrogen-bond acceptors (Lipinski definition) is 3. The van der Waals surface area contributed by atoms with Gasteiger partial charge in [-0.15, -0.1) is 0 Å². The van der Waals surface area contributed by atoms with Crippen LogP contribution >= 0.6 is 0 Å². The summed E-state index contributed by atoms with van der Waals surface area (Å²) in [7, 11) is 1.84. The van der Waals surface area contributed by atoms with Crippen LogP contribution in [0.25, 0.3) is 0 Å². The molecule has 0 aromatic heterocycles. The normalized spacial score (nSPS) is 20.2. The van der Waals surface area contributed by atoms with Crippen molar-refractivity contribution < 1.29 is 14.3 Å². The van der Waals surface area contributed by atoms with E-state index < -0.39 is 0 Å². The van der Waals surface area contributed by atoms with E-state index in [1.807, 2.05) is 38.2 Å². The molecule has 5 nitrogen and oxygen atoms in total. The second-order valence-corrected chi connectivity index (χ2v) is 6.36. The Hall–Kier alpha value is -2.30. The van der Waals surface area contributed by atoms with Crippen LogP contribution in [0.5, 0.6) is 5.75 Å². The monoisotopic (exact) mass is 328 g/mol. The summed E-state index contributed by atoms with van der Waals surface area (Å²) in [6.45, 7) is 2.54. The van der Waals surface area contributed by atoms with Crippen molar-refractivity contribution in [2.24, 2.45) is 0 Å². The molecule has 1 heterocycles. The largest absolute Gasteiger partial charge is 0.494 e. The van der Waals surface area contributed by atoms with Crippen LogP contribution in [0.3, 0.4) is 0 Å². The zero-order chi connectivity index (χ0) is 17.1. The predicted molar refractivity (Wildman–Crippen MR) is 92.9 cm³/mol. The number of likely N-dealkylation sites (N-methyl/N-ethyl adjacent to an activating group) is 1. The van der Waals surface area contributed by atoms with Gasteiger partial charge < -0.3 is 15.0 Å². The number of anilines is 1. The van der Waals surface area contributed by atoms with Gasteiger partial charge >= 0.3 is 0 Å². The highest BCUT2D eigenvalue weighted by Crippen LogP contribution is 2.37. The topological polar surface area (TPSA) is 58.6 Å². The van der Waals surface area contributed by atoms with Gasteiger partial charge in [-0.25, -0.2) is 0 Å². The number of benzene rings is 1. The minimum Gasteiger partial charge on any atom is -0.494 e. The molecule has 0 radical (unpaired) electrons. The fourth-order valence-electron chi connectivity index (χ4n) is 3.62. The van der Waals surface area contributed by atoms with Crippen molar-refractivity contribution in [3.8, 4) is 5.75 Å². The minimum atomic E-state index is -0.144. The van der Waals surface area contributed by atoms with Gasteiger partial charge in [-0.05, 0) is 56.0 Å². The van der Waals surface area contributed by atoms with E-state index in [-0.39, 0.29) is 24.3 Å². The molecule has 1 fully saturated rings. The molecule has 2 amide bonds. The van der Waals surface area contributed by atoms with Gasteiger partial charge in [0.1, 0.15) is 5.75 Å². The number of nitrogens with zero attached hydrogens (tertiary/aromatic N) is 1. The Balaban J connectivity index is 1.66. The first kappa shape index (κ1) is 16.6. The predicted octanol–water partition coefficient (Wildman–Crippen LogP) is 3.13. The maximum atomic E-state index is 12.4. The van der Waals surface area contributed by atoms with E-state index in [9.17, 15) is 9.59 Å². The van der Waals surface area contributed by atoms with Crippen molar-refractivity contribution in [1.29, 1.82) is 0 Å². The molecule has 1 atom stereocenters. The number of hydrogen-bond donors (Lipinski definition) is 1. The zero-order valence-corrected chi connectivity index (χ0v) is 14.3. The average molecular weight is 328 g/mol. The number of carbonyl (C=O) groups is 2. The molecule has 128 valence electrons. The Morgan fingerprint density at radius 1 is 1.29 bits per heavy atom. The van der Waals surface area contributed by atoms with Crippen molar-refractivity contribution in [3.05, 3.63) is 35.4 Å². The van der Waals surface area contributed by atoms with E-state index in [1.165, 1.54) is 5.57 Å². The van der Waals surface area contributed by atoms with Gasteiger partial charge in [-0.2, -0.15) is 0 Å². The van der Waals surface area contributed by atoms with Crippen molar-refractivity contribution in [2.75, 3.05) is 19.0 Å². The fourth-order valence-corrected chi connectivity index (χ4v) is 3.62. The van der Waals surface area contributed by atoms with Gasteiger partial charge in [0, 0.05) is 18.3 Å². The lowest BCUT2D eigenvalue weighted by atomic mass is 9.88. The quantitative estimate of drug-likeness (QED) is 0.903. The summed E-state index contributed by atoms with van der Waals surface area (Å²) in [6, 6.07) is 7.48. The van der Waals surface area contributed by atoms with E-state index in [1.54, 1.807) is 4.90 Å². The molecule has 0 bridgehead atoms. The van der Waals surface area contributed by atoms with Crippen LogP contribution < -0.4 is 10.1 Å². The van der Waals surface area contributed by atoms with Gasteiger partial charge in [-0.1, -0.05) is 6.42 Å². The number of carbonyl (C=O) groups excluding carboxylic acids is 2. The van der Waals surface area contributed by atoms with Crippen LogP contribution in [-0.4, -0.2) is 36.4 Å². The average Bonchev–Trinajstić information content (AvgIpc) is 2.82. The molecule has 1 aromatic rings. The van der Waals surface area contributed by atoms with Crippen molar-refractivity contribution in [2.45, 2.75) is 45.1 Å². The maximum Gasteiger partial charge on any atom is 0.250 e. The fraction of sp³-hybridized carbons (Fsp3) is 0.474. The SMILES string of the molecule is CCOc1ccc(NC(=O)CC2=C3CCCCC3N(C)C2=O)cc1. The molecule has 1 aliphatic heterocycles. The second kappa shape index (κ2) is 7.07. The maximum absolute atomic E-state index is 12.4. The molecule has 2 aliphatic rings. The molecule has 24 heavy (non-hydrogen) atoms. The lowest BCUT2D eigenvalue weighted by Crippen LogP contribution is -2.33. The Morgan fingerprint density at radius 2 is 2.04 bits per heavy atom. The van der Waals surface area contributed by atoms with Crippen molar-refractivity contribution >= 4 is 17.5 Å². The number of ether oxygens (including phenoxy) is 1. The molecule has 0 saturated heterocycles. The Labute approximate surface area is 142 Å². The molecule has 0 spiro atoms. The first-order chi connectivity index (χ1) is 11.6. The Bertz CT molecular complexity index is 664. The second-order valence-electron chi connectivity index (χ2n) is 6.36. The molecule has 1 aliphatic carbocycles. The molecule has 1 aromatic carbocycles. The van der Waals surface area contributed by atoms with E-state index in [0.29, 0.717) is 17.9 Å². The Kier molecular flexibility index (Phi) is 4.88. The standard InChI is InChI=1S/C19H24N2O3/c1-3-24-14-10-8-13(9-11-14)20-18(22)12-16-15-6-4-5-7-17(15)21(2)19(16)23/h8-11,17H,3-7,12H2,1-2H3,(H,20,22). The number of rotatable bonds is 5. The number of amides is 2. The van der Waals surface area contributed by atoms with E-state index in [0.717, 1.165) is 31.4 Å². The lowest BCUT2D eigenvalue weighted by Gasteiger charge is -2.26. The third-order valence-electron chi connectivity index (χ3n) is 4.80. The van der Waals surface area contributed by atoms with Gasteiger partial charge in [0.15, 0.2) is 0 Å². The molecule has 5 heteroatoms. The van der Waals surface area contributed by atoms with Crippen LogP contribution in [0.4, 0.5) is 5.69 Å². The highest BCUT2D eigenvalue weighted by atomic mass is 16.5. The van der Waals surface area contributed by atoms with Crippen LogP contribution in [-0.2, 0) is 9.59 Å². The summed E-state index contributed by atoms with van der Waals surface area (Å²) in [5.74, 6) is 0.645. The molecule has 1 saturated carbocycles. The van der Waals surface area contributed by atoms with Crippen LogP contribution in [0, 0.1) is 0 Å². The van der Waals surface area contributed by atoms with Crippen LogP contribution in [0.2, 0.25) is 0 Å². The highest BCUT2D eigenvalue weighted by Gasteiger charge is 2.38. The van der Waals surface area contributed by atoms with Gasteiger partial charge in [0.2, 0.25) is 5.91 Å². The summed E-state index contributed by atoms with van der Waals surface area (Å²) < 4.78 is 5.39. The molecule has 3 rings (SSSR count). The first-order valence-electron chi connectivity index (χ1n) is 8.62. The third kappa shape index (κ3) is 3.30. The third-order valence-corrected chi connectivity index (χ3v) is 4.80. The summed E-state index contributed by atoms with van der Waals surface area (Å²) in [5.41, 5.74) is 2.59. The summed E-state index contributed by atoms with van der Waals surface area (Å²) in [4.78, 5) is 26.6. The van der Waals surface area contributed by atoms with Crippen LogP contribution in [0.1, 0.15) is 39.0 Å². The Morgan fingerprint density at radius 3 is 2.75 bits per heavy atom. The van der Waals surface area contributed by atoms with Gasteiger partial charge in [0.05, 0.1) is 19.1 Å². The van der Waals surface area contributed by atoms with Crippen molar-refractivity contribution in [1.82, 2.24) is 4.90 Å². The van der Waals surface area contributed by atoms with E-state index >= 15 is 0 Å². The molecule has 1 unspecified atom stereocenters. The summed E-state index contributed by atoms with van der Waals surface area (Å²) in [5, 5.41) is 2.87. The highest BCUT2D eigenvalue weighted by molar-refractivity contribution is 6.04. The molecule has 1 N–H and O–H groups in total. The van der Waals surface area contributed by atoms with Gasteiger partial charge in [0.25, 0.3) is 5.91 Å². The first-order valence-corrected chi connectivity index (χ1v) is 8.62. The number of fused-ring (bicyclic) bond motifs is 1. The molecular weight excluding hydrogens is 304 g/mol. The van der Waals surface area contributed by atoms with E-state index in [2.05, 4.69) is 5.32 Å². The van der Waals surface area contributed by atoms with Gasteiger partial charge in [-0.3, -0.25) is 9.59 Å². The van der Waals surface area contributed by atoms with Crippen molar-refractivity contribution in [3.63, 3.8) is 0 Å². The molecular formula is C19H24N2O3. The smallest absolute Gasteiger partial charge is 0.250 e. The minimum absolute atomic E-state index is 0.0127. The summed E-state index contributed by atoms with van der Waals surface area (Å²) in [6.07, 6.45) is 4.37. The summed E-state index contributed by atoms with van der Waals surface area (Å²) >= 11 is 0. The lowest BCUT2D eigenvalue weighted by molar-refractivity contribution is -0.127. The van der Waals surface area contributed by atoms with Crippen LogP contribution in [0.15, 0.2) is 35.4 Å².